The zero-order valence-corrected chi connectivity index (χ0v) is 17.9. The van der Waals surface area contributed by atoms with Gasteiger partial charge in [-0.2, -0.15) is 0 Å². The number of urea groups is 1. The van der Waals surface area contributed by atoms with E-state index in [4.69, 9.17) is 0 Å². The quantitative estimate of drug-likeness (QED) is 0.665. The van der Waals surface area contributed by atoms with E-state index in [0.717, 1.165) is 17.5 Å². The molecule has 0 aliphatic rings. The smallest absolute Gasteiger partial charge is 0.317 e. The van der Waals surface area contributed by atoms with Crippen LogP contribution in [0.5, 0.6) is 0 Å². The highest BCUT2D eigenvalue weighted by Gasteiger charge is 2.18. The molecule has 0 aliphatic carbocycles. The van der Waals surface area contributed by atoms with Crippen molar-refractivity contribution < 1.29 is 9.59 Å². The first-order valence-corrected chi connectivity index (χ1v) is 10.3. The summed E-state index contributed by atoms with van der Waals surface area (Å²) in [7, 11) is 1.75. The van der Waals surface area contributed by atoms with Gasteiger partial charge in [0.2, 0.25) is 5.91 Å². The second kappa shape index (κ2) is 11.2. The van der Waals surface area contributed by atoms with E-state index in [9.17, 15) is 9.59 Å². The molecule has 2 aromatic carbocycles. The second-order valence-corrected chi connectivity index (χ2v) is 7.71. The molecule has 0 bridgehead atoms. The van der Waals surface area contributed by atoms with Gasteiger partial charge in [0, 0.05) is 26.6 Å². The van der Waals surface area contributed by atoms with Crippen LogP contribution in [0.25, 0.3) is 0 Å². The van der Waals surface area contributed by atoms with Gasteiger partial charge in [-0.25, -0.2) is 4.79 Å². The molecule has 0 saturated heterocycles. The van der Waals surface area contributed by atoms with Crippen LogP contribution in [0.1, 0.15) is 49.9 Å². The Labute approximate surface area is 174 Å². The van der Waals surface area contributed by atoms with E-state index in [0.29, 0.717) is 13.1 Å². The van der Waals surface area contributed by atoms with E-state index in [1.165, 1.54) is 5.56 Å². The Morgan fingerprint density at radius 3 is 2.21 bits per heavy atom. The predicted molar refractivity (Wildman–Crippen MR) is 117 cm³/mol. The average molecular weight is 396 g/mol. The number of hydrogen-bond acceptors (Lipinski definition) is 2. The average Bonchev–Trinajstić information content (AvgIpc) is 2.72. The Morgan fingerprint density at radius 2 is 1.62 bits per heavy atom. The maximum atomic E-state index is 12.4. The van der Waals surface area contributed by atoms with E-state index in [-0.39, 0.29) is 30.3 Å². The zero-order chi connectivity index (χ0) is 21.2. The van der Waals surface area contributed by atoms with Crippen LogP contribution in [0.3, 0.4) is 0 Å². The lowest BCUT2D eigenvalue weighted by atomic mass is 9.94. The maximum Gasteiger partial charge on any atom is 0.317 e. The number of nitrogens with one attached hydrogen (secondary N) is 2. The lowest BCUT2D eigenvalue weighted by molar-refractivity contribution is -0.122. The number of carbonyl (C=O) groups is 2. The van der Waals surface area contributed by atoms with Crippen molar-refractivity contribution in [1.82, 2.24) is 15.5 Å². The molecule has 0 fully saturated rings. The summed E-state index contributed by atoms with van der Waals surface area (Å²) in [6, 6.07) is 18.0. The van der Waals surface area contributed by atoms with Gasteiger partial charge < -0.3 is 15.5 Å². The molecule has 3 amide bonds. The predicted octanol–water partition coefficient (Wildman–Crippen LogP) is 4.29. The molecule has 2 rings (SSSR count). The summed E-state index contributed by atoms with van der Waals surface area (Å²) in [6.45, 7) is 7.16. The number of amides is 3. The monoisotopic (exact) mass is 395 g/mol. The molecule has 156 valence electrons. The van der Waals surface area contributed by atoms with Gasteiger partial charge in [-0.3, -0.25) is 4.79 Å². The highest BCUT2D eigenvalue weighted by Crippen LogP contribution is 2.22. The summed E-state index contributed by atoms with van der Waals surface area (Å²) in [5.41, 5.74) is 3.46. The van der Waals surface area contributed by atoms with Crippen molar-refractivity contribution in [3.05, 3.63) is 71.3 Å². The molecule has 0 aliphatic heterocycles. The van der Waals surface area contributed by atoms with E-state index in [1.54, 1.807) is 11.9 Å². The van der Waals surface area contributed by atoms with Crippen LogP contribution >= 0.6 is 0 Å². The number of carbonyl (C=O) groups excluding carboxylic acids is 2. The highest BCUT2D eigenvalue weighted by molar-refractivity contribution is 5.78. The van der Waals surface area contributed by atoms with Crippen molar-refractivity contribution in [2.24, 2.45) is 5.92 Å². The van der Waals surface area contributed by atoms with Gasteiger partial charge in [0.15, 0.2) is 0 Å². The van der Waals surface area contributed by atoms with Crippen molar-refractivity contribution in [2.75, 3.05) is 13.6 Å². The molecular formula is C24H33N3O2. The van der Waals surface area contributed by atoms with E-state index in [2.05, 4.69) is 55.7 Å². The van der Waals surface area contributed by atoms with Crippen LogP contribution in [0.15, 0.2) is 54.6 Å². The van der Waals surface area contributed by atoms with Gasteiger partial charge in [0.1, 0.15) is 0 Å². The Balaban J connectivity index is 1.80. The lowest BCUT2D eigenvalue weighted by Gasteiger charge is -2.23. The zero-order valence-electron chi connectivity index (χ0n) is 17.9. The minimum absolute atomic E-state index is 0.0372. The third kappa shape index (κ3) is 7.26. The molecule has 0 spiro atoms. The van der Waals surface area contributed by atoms with Crippen LogP contribution in [0.4, 0.5) is 4.79 Å². The molecule has 0 heterocycles. The van der Waals surface area contributed by atoms with Crippen LogP contribution < -0.4 is 10.6 Å². The van der Waals surface area contributed by atoms with Crippen LogP contribution in [-0.2, 0) is 17.8 Å². The Bertz CT molecular complexity index is 772. The molecule has 29 heavy (non-hydrogen) atoms. The van der Waals surface area contributed by atoms with E-state index >= 15 is 0 Å². The SMILES string of the molecule is CCc1ccc(C(NC(=O)CCNC(=O)N(C)Cc2ccccc2)C(C)C)cc1. The fraction of sp³-hybridized carbons (Fsp3) is 0.417. The Hall–Kier alpha value is -2.82. The van der Waals surface area contributed by atoms with Gasteiger partial charge in [-0.05, 0) is 29.0 Å². The van der Waals surface area contributed by atoms with Crippen molar-refractivity contribution in [1.29, 1.82) is 0 Å². The third-order valence-corrected chi connectivity index (χ3v) is 4.97. The molecule has 1 atom stereocenters. The van der Waals surface area contributed by atoms with Crippen molar-refractivity contribution in [3.63, 3.8) is 0 Å². The van der Waals surface area contributed by atoms with Gasteiger partial charge in [0.25, 0.3) is 0 Å². The first-order chi connectivity index (χ1) is 13.9. The molecule has 0 saturated carbocycles. The molecule has 0 radical (unpaired) electrons. The van der Waals surface area contributed by atoms with Crippen LogP contribution in [0, 0.1) is 5.92 Å². The Morgan fingerprint density at radius 1 is 0.966 bits per heavy atom. The highest BCUT2D eigenvalue weighted by atomic mass is 16.2. The van der Waals surface area contributed by atoms with Crippen LogP contribution in [-0.4, -0.2) is 30.4 Å². The fourth-order valence-corrected chi connectivity index (χ4v) is 3.19. The summed E-state index contributed by atoms with van der Waals surface area (Å²) >= 11 is 0. The van der Waals surface area contributed by atoms with Gasteiger partial charge >= 0.3 is 6.03 Å². The molecule has 2 N–H and O–H groups in total. The number of hydrogen-bond donors (Lipinski definition) is 2. The third-order valence-electron chi connectivity index (χ3n) is 4.97. The summed E-state index contributed by atoms with van der Waals surface area (Å²) in [5.74, 6) is 0.215. The second-order valence-electron chi connectivity index (χ2n) is 7.71. The molecule has 5 nitrogen and oxygen atoms in total. The van der Waals surface area contributed by atoms with Crippen molar-refractivity contribution in [2.45, 2.75) is 46.2 Å². The van der Waals surface area contributed by atoms with Gasteiger partial charge in [-0.1, -0.05) is 75.4 Å². The lowest BCUT2D eigenvalue weighted by Crippen LogP contribution is -2.39. The minimum atomic E-state index is -0.183. The standard InChI is InChI=1S/C24H33N3O2/c1-5-19-11-13-21(14-12-19)23(18(2)3)26-22(28)15-16-25-24(29)27(4)17-20-9-7-6-8-10-20/h6-14,18,23H,5,15-17H2,1-4H3,(H,25,29)(H,26,28). The Kier molecular flexibility index (Phi) is 8.71. The number of rotatable bonds is 9. The largest absolute Gasteiger partial charge is 0.349 e. The topological polar surface area (TPSA) is 61.4 Å². The van der Waals surface area contributed by atoms with Crippen molar-refractivity contribution in [3.8, 4) is 0 Å². The first-order valence-electron chi connectivity index (χ1n) is 10.3. The fourth-order valence-electron chi connectivity index (χ4n) is 3.19. The molecule has 1 unspecified atom stereocenters. The normalized spacial score (nSPS) is 11.8. The molecule has 0 aromatic heterocycles. The summed E-state index contributed by atoms with van der Waals surface area (Å²) in [6.07, 6.45) is 1.25. The van der Waals surface area contributed by atoms with Crippen LogP contribution in [0.2, 0.25) is 0 Å². The van der Waals surface area contributed by atoms with Gasteiger partial charge in [0.05, 0.1) is 6.04 Å². The number of nitrogens with zero attached hydrogens (tertiary/aromatic N) is 1. The number of benzene rings is 2. The summed E-state index contributed by atoms with van der Waals surface area (Å²) in [5, 5.41) is 5.93. The van der Waals surface area contributed by atoms with Gasteiger partial charge in [-0.15, -0.1) is 0 Å². The summed E-state index contributed by atoms with van der Waals surface area (Å²) < 4.78 is 0. The number of aryl methyl sites for hydroxylation is 1. The summed E-state index contributed by atoms with van der Waals surface area (Å²) in [4.78, 5) is 26.3. The molecular weight excluding hydrogens is 362 g/mol. The first kappa shape index (κ1) is 22.5. The van der Waals surface area contributed by atoms with Crippen molar-refractivity contribution >= 4 is 11.9 Å². The molecule has 5 heteroatoms. The minimum Gasteiger partial charge on any atom is -0.349 e. The maximum absolute atomic E-state index is 12.4. The molecule has 2 aromatic rings. The van der Waals surface area contributed by atoms with E-state index < -0.39 is 0 Å². The van der Waals surface area contributed by atoms with E-state index in [1.807, 2.05) is 30.3 Å².